The van der Waals surface area contributed by atoms with Gasteiger partial charge in [0.15, 0.2) is 0 Å². The van der Waals surface area contributed by atoms with E-state index in [1.807, 2.05) is 6.92 Å². The summed E-state index contributed by atoms with van der Waals surface area (Å²) in [7, 11) is 1.47. The molecule has 0 bridgehead atoms. The van der Waals surface area contributed by atoms with E-state index in [2.05, 4.69) is 0 Å². The summed E-state index contributed by atoms with van der Waals surface area (Å²) in [5.41, 5.74) is 1.48. The minimum Gasteiger partial charge on any atom is -0.207 e. The molecule has 0 saturated heterocycles. The van der Waals surface area contributed by atoms with Crippen LogP contribution in [0.2, 0.25) is 5.02 Å². The van der Waals surface area contributed by atoms with Crippen LogP contribution in [0, 0.1) is 13.8 Å². The van der Waals surface area contributed by atoms with E-state index < -0.39 is 9.05 Å². The van der Waals surface area contributed by atoms with Crippen molar-refractivity contribution < 1.29 is 8.42 Å². The van der Waals surface area contributed by atoms with Crippen molar-refractivity contribution in [2.24, 2.45) is 0 Å². The summed E-state index contributed by atoms with van der Waals surface area (Å²) in [5.74, 6) is 0. The molecule has 0 spiro atoms. The topological polar surface area (TPSA) is 34.1 Å². The van der Waals surface area contributed by atoms with Crippen LogP contribution in [0.4, 0.5) is 0 Å². The standard InChI is InChI=1S/C8H8Cl2O2S/c1-5-3-6(2)8(7(9)4-5)13(10,11)12/h3-4H,1-2H3. The van der Waals surface area contributed by atoms with Crippen molar-refractivity contribution in [2.45, 2.75) is 18.7 Å². The second-order valence-electron chi connectivity index (χ2n) is 2.83. The molecule has 2 nitrogen and oxygen atoms in total. The fraction of sp³-hybridized carbons (Fsp3) is 0.250. The van der Waals surface area contributed by atoms with Crippen molar-refractivity contribution in [1.29, 1.82) is 0 Å². The van der Waals surface area contributed by atoms with Gasteiger partial charge in [0.25, 0.3) is 9.05 Å². The Balaban J connectivity index is 3.57. The molecule has 0 radical (unpaired) electrons. The molecule has 1 aromatic rings. The summed E-state index contributed by atoms with van der Waals surface area (Å²) in [6.07, 6.45) is 0. The lowest BCUT2D eigenvalue weighted by Crippen LogP contribution is -1.96. The van der Waals surface area contributed by atoms with Gasteiger partial charge < -0.3 is 0 Å². The summed E-state index contributed by atoms with van der Waals surface area (Å²) in [6.45, 7) is 3.50. The summed E-state index contributed by atoms with van der Waals surface area (Å²) in [4.78, 5) is 0.00133. The molecule has 0 N–H and O–H groups in total. The highest BCUT2D eigenvalue weighted by Crippen LogP contribution is 2.28. The van der Waals surface area contributed by atoms with Crippen molar-refractivity contribution in [3.05, 3.63) is 28.3 Å². The van der Waals surface area contributed by atoms with Gasteiger partial charge >= 0.3 is 0 Å². The van der Waals surface area contributed by atoms with Crippen molar-refractivity contribution >= 4 is 31.3 Å². The number of halogens is 2. The van der Waals surface area contributed by atoms with Crippen molar-refractivity contribution in [2.75, 3.05) is 0 Å². The quantitative estimate of drug-likeness (QED) is 0.706. The van der Waals surface area contributed by atoms with Gasteiger partial charge in [-0.2, -0.15) is 0 Å². The Labute approximate surface area is 86.9 Å². The fourth-order valence-corrected chi connectivity index (χ4v) is 3.31. The van der Waals surface area contributed by atoms with E-state index in [1.54, 1.807) is 19.1 Å². The van der Waals surface area contributed by atoms with E-state index in [1.165, 1.54) is 0 Å². The van der Waals surface area contributed by atoms with E-state index in [4.69, 9.17) is 22.3 Å². The largest absolute Gasteiger partial charge is 0.263 e. The van der Waals surface area contributed by atoms with Gasteiger partial charge in [-0.25, -0.2) is 8.42 Å². The van der Waals surface area contributed by atoms with Crippen LogP contribution in [-0.4, -0.2) is 8.42 Å². The number of rotatable bonds is 1. The molecule has 0 unspecified atom stereocenters. The van der Waals surface area contributed by atoms with Gasteiger partial charge in [-0.3, -0.25) is 0 Å². The van der Waals surface area contributed by atoms with Crippen molar-refractivity contribution in [3.63, 3.8) is 0 Å². The highest BCUT2D eigenvalue weighted by Gasteiger charge is 2.17. The average molecular weight is 239 g/mol. The molecule has 0 amide bonds. The van der Waals surface area contributed by atoms with Crippen LogP contribution < -0.4 is 0 Å². The molecule has 72 valence electrons. The molecule has 0 aliphatic rings. The van der Waals surface area contributed by atoms with E-state index in [9.17, 15) is 8.42 Å². The molecule has 0 atom stereocenters. The van der Waals surface area contributed by atoms with Crippen molar-refractivity contribution in [3.8, 4) is 0 Å². The fourth-order valence-electron chi connectivity index (χ4n) is 1.21. The zero-order chi connectivity index (χ0) is 10.2. The Kier molecular flexibility index (Phi) is 2.90. The van der Waals surface area contributed by atoms with Gasteiger partial charge in [0.05, 0.1) is 5.02 Å². The molecule has 13 heavy (non-hydrogen) atoms. The maximum Gasteiger partial charge on any atom is 0.263 e. The third-order valence-electron chi connectivity index (χ3n) is 1.62. The van der Waals surface area contributed by atoms with Gasteiger partial charge in [0.2, 0.25) is 0 Å². The van der Waals surface area contributed by atoms with Crippen LogP contribution >= 0.6 is 22.3 Å². The molecule has 0 fully saturated rings. The van der Waals surface area contributed by atoms with Gasteiger partial charge in [0.1, 0.15) is 4.90 Å². The molecular formula is C8H8Cl2O2S. The smallest absolute Gasteiger partial charge is 0.207 e. The maximum atomic E-state index is 11.1. The first-order valence-corrected chi connectivity index (χ1v) is 6.22. The first-order valence-electron chi connectivity index (χ1n) is 3.54. The Morgan fingerprint density at radius 2 is 1.77 bits per heavy atom. The van der Waals surface area contributed by atoms with Crippen LogP contribution in [0.15, 0.2) is 17.0 Å². The summed E-state index contributed by atoms with van der Waals surface area (Å²) < 4.78 is 22.1. The summed E-state index contributed by atoms with van der Waals surface area (Å²) in [6, 6.07) is 3.30. The zero-order valence-corrected chi connectivity index (χ0v) is 9.46. The molecule has 0 aliphatic heterocycles. The Hall–Kier alpha value is -0.250. The van der Waals surface area contributed by atoms with E-state index in [0.717, 1.165) is 5.56 Å². The number of aryl methyl sites for hydroxylation is 2. The Morgan fingerprint density at radius 3 is 2.15 bits per heavy atom. The second kappa shape index (κ2) is 3.48. The Bertz CT molecular complexity index is 414. The highest BCUT2D eigenvalue weighted by molar-refractivity contribution is 8.13. The average Bonchev–Trinajstić information content (AvgIpc) is 1.78. The van der Waals surface area contributed by atoms with Crippen molar-refractivity contribution in [1.82, 2.24) is 0 Å². The van der Waals surface area contributed by atoms with Crippen LogP contribution in [0.5, 0.6) is 0 Å². The zero-order valence-electron chi connectivity index (χ0n) is 7.14. The first-order chi connectivity index (χ1) is 5.82. The van der Waals surface area contributed by atoms with Crippen LogP contribution in [0.3, 0.4) is 0 Å². The molecule has 1 aromatic carbocycles. The number of hydrogen-bond donors (Lipinski definition) is 0. The van der Waals surface area contributed by atoms with E-state index in [-0.39, 0.29) is 9.92 Å². The van der Waals surface area contributed by atoms with Gasteiger partial charge in [-0.1, -0.05) is 17.7 Å². The monoisotopic (exact) mass is 238 g/mol. The molecular weight excluding hydrogens is 231 g/mol. The SMILES string of the molecule is Cc1cc(C)c(S(=O)(=O)Cl)c(Cl)c1. The molecule has 0 saturated carbocycles. The molecule has 0 aliphatic carbocycles. The molecule has 5 heteroatoms. The normalized spacial score (nSPS) is 11.7. The third kappa shape index (κ3) is 2.36. The molecule has 1 rings (SSSR count). The number of hydrogen-bond acceptors (Lipinski definition) is 2. The van der Waals surface area contributed by atoms with Crippen LogP contribution in [-0.2, 0) is 9.05 Å². The van der Waals surface area contributed by atoms with Gasteiger partial charge in [-0.15, -0.1) is 0 Å². The Morgan fingerprint density at radius 1 is 1.23 bits per heavy atom. The summed E-state index contributed by atoms with van der Waals surface area (Å²) >= 11 is 5.76. The lowest BCUT2D eigenvalue weighted by atomic mass is 10.2. The molecule has 0 aromatic heterocycles. The number of benzene rings is 1. The maximum absolute atomic E-state index is 11.1. The molecule has 0 heterocycles. The second-order valence-corrected chi connectivity index (χ2v) is 5.74. The van der Waals surface area contributed by atoms with Gasteiger partial charge in [0, 0.05) is 10.7 Å². The summed E-state index contributed by atoms with van der Waals surface area (Å²) in [5, 5.41) is 0.174. The predicted octanol–water partition coefficient (Wildman–Crippen LogP) is 2.88. The van der Waals surface area contributed by atoms with E-state index >= 15 is 0 Å². The highest BCUT2D eigenvalue weighted by atomic mass is 35.7. The third-order valence-corrected chi connectivity index (χ3v) is 3.52. The minimum atomic E-state index is -3.74. The first kappa shape index (κ1) is 10.8. The lowest BCUT2D eigenvalue weighted by Gasteiger charge is -2.05. The predicted molar refractivity (Wildman–Crippen MR) is 54.0 cm³/mol. The minimum absolute atomic E-state index is 0.00133. The van der Waals surface area contributed by atoms with Crippen LogP contribution in [0.1, 0.15) is 11.1 Å². The van der Waals surface area contributed by atoms with E-state index in [0.29, 0.717) is 5.56 Å². The van der Waals surface area contributed by atoms with Gasteiger partial charge in [-0.05, 0) is 31.0 Å². The van der Waals surface area contributed by atoms with Crippen LogP contribution in [0.25, 0.3) is 0 Å². The lowest BCUT2D eigenvalue weighted by molar-refractivity contribution is 0.609.